The minimum Gasteiger partial charge on any atom is -0.480 e. The zero-order chi connectivity index (χ0) is 22.3. The molecular formula is C27H32N2O3. The number of ether oxygens (including phenoxy) is 1. The smallest absolute Gasteiger partial charge is 0.329 e. The van der Waals surface area contributed by atoms with Gasteiger partial charge in [-0.15, -0.1) is 0 Å². The van der Waals surface area contributed by atoms with Crippen LogP contribution < -0.4 is 0 Å². The summed E-state index contributed by atoms with van der Waals surface area (Å²) in [6, 6.07) is 21.1. The van der Waals surface area contributed by atoms with E-state index >= 15 is 0 Å². The van der Waals surface area contributed by atoms with Crippen LogP contribution in [0.2, 0.25) is 0 Å². The number of nitrogens with zero attached hydrogens (tertiary/aromatic N) is 2. The zero-order valence-electron chi connectivity index (χ0n) is 18.7. The van der Waals surface area contributed by atoms with Crippen LogP contribution in [-0.2, 0) is 22.5 Å². The molecule has 168 valence electrons. The SMILES string of the molecule is CCc1c(-c2ccccc2)c(-c2ccccc2)nn1C[C@H]1CC[C@H](COCC(=O)O)CC1. The number of aromatic nitrogens is 2. The van der Waals surface area contributed by atoms with E-state index < -0.39 is 5.97 Å². The summed E-state index contributed by atoms with van der Waals surface area (Å²) < 4.78 is 7.57. The summed E-state index contributed by atoms with van der Waals surface area (Å²) in [6.07, 6.45) is 5.37. The van der Waals surface area contributed by atoms with Gasteiger partial charge < -0.3 is 9.84 Å². The molecule has 1 heterocycles. The fourth-order valence-electron chi connectivity index (χ4n) is 4.85. The molecule has 1 aliphatic carbocycles. The second-order valence-electron chi connectivity index (χ2n) is 8.73. The molecule has 3 aromatic rings. The van der Waals surface area contributed by atoms with Crippen molar-refractivity contribution in [3.8, 4) is 22.4 Å². The van der Waals surface area contributed by atoms with E-state index in [-0.39, 0.29) is 6.61 Å². The van der Waals surface area contributed by atoms with Gasteiger partial charge in [0.05, 0.1) is 6.61 Å². The summed E-state index contributed by atoms with van der Waals surface area (Å²) in [5.74, 6) is 0.157. The van der Waals surface area contributed by atoms with Gasteiger partial charge in [-0.25, -0.2) is 4.79 Å². The summed E-state index contributed by atoms with van der Waals surface area (Å²) in [5, 5.41) is 13.9. The van der Waals surface area contributed by atoms with E-state index in [4.69, 9.17) is 14.9 Å². The lowest BCUT2D eigenvalue weighted by atomic mass is 9.82. The second kappa shape index (κ2) is 10.6. The molecule has 1 aliphatic rings. The summed E-state index contributed by atoms with van der Waals surface area (Å²) in [6.45, 7) is 3.50. The predicted octanol–water partition coefficient (Wildman–Crippen LogP) is 5.69. The van der Waals surface area contributed by atoms with E-state index in [1.54, 1.807) is 0 Å². The van der Waals surface area contributed by atoms with E-state index in [0.29, 0.717) is 18.4 Å². The number of carboxylic acids is 1. The van der Waals surface area contributed by atoms with Crippen LogP contribution in [0.15, 0.2) is 60.7 Å². The van der Waals surface area contributed by atoms with Gasteiger partial charge in [0, 0.05) is 23.4 Å². The first-order valence-electron chi connectivity index (χ1n) is 11.7. The molecular weight excluding hydrogens is 400 g/mol. The van der Waals surface area contributed by atoms with Gasteiger partial charge >= 0.3 is 5.97 Å². The van der Waals surface area contributed by atoms with Crippen LogP contribution in [0.3, 0.4) is 0 Å². The monoisotopic (exact) mass is 432 g/mol. The first-order chi connectivity index (χ1) is 15.7. The molecule has 0 amide bonds. The number of rotatable bonds is 9. The largest absolute Gasteiger partial charge is 0.480 e. The van der Waals surface area contributed by atoms with E-state index in [1.165, 1.54) is 16.8 Å². The normalized spacial score (nSPS) is 18.5. The van der Waals surface area contributed by atoms with Crippen molar-refractivity contribution >= 4 is 5.97 Å². The molecule has 0 bridgehead atoms. The Morgan fingerprint density at radius 3 is 2.16 bits per heavy atom. The topological polar surface area (TPSA) is 64.4 Å². The maximum Gasteiger partial charge on any atom is 0.329 e. The van der Waals surface area contributed by atoms with Gasteiger partial charge in [0.2, 0.25) is 0 Å². The maximum absolute atomic E-state index is 10.7. The van der Waals surface area contributed by atoms with Crippen molar-refractivity contribution in [3.05, 3.63) is 66.4 Å². The first kappa shape index (κ1) is 22.3. The molecule has 2 aromatic carbocycles. The number of carboxylic acid groups (broad SMARTS) is 1. The minimum atomic E-state index is -0.895. The molecule has 4 rings (SSSR count). The highest BCUT2D eigenvalue weighted by molar-refractivity contribution is 5.82. The maximum atomic E-state index is 10.7. The molecule has 0 aliphatic heterocycles. The van der Waals surface area contributed by atoms with Gasteiger partial charge in [0.1, 0.15) is 12.3 Å². The molecule has 0 radical (unpaired) electrons. The Hall–Kier alpha value is -2.92. The second-order valence-corrected chi connectivity index (χ2v) is 8.73. The Morgan fingerprint density at radius 1 is 0.969 bits per heavy atom. The molecule has 1 saturated carbocycles. The van der Waals surface area contributed by atoms with Crippen molar-refractivity contribution < 1.29 is 14.6 Å². The summed E-state index contributed by atoms with van der Waals surface area (Å²) >= 11 is 0. The van der Waals surface area contributed by atoms with Crippen molar-refractivity contribution in [2.75, 3.05) is 13.2 Å². The van der Waals surface area contributed by atoms with Crippen LogP contribution in [0.25, 0.3) is 22.4 Å². The van der Waals surface area contributed by atoms with E-state index in [1.807, 2.05) is 6.07 Å². The Bertz CT molecular complexity index is 1010. The molecule has 32 heavy (non-hydrogen) atoms. The van der Waals surface area contributed by atoms with E-state index in [2.05, 4.69) is 66.2 Å². The molecule has 0 spiro atoms. The van der Waals surface area contributed by atoms with E-state index in [0.717, 1.165) is 49.9 Å². The number of aliphatic carboxylic acids is 1. The lowest BCUT2D eigenvalue weighted by Crippen LogP contribution is -2.23. The van der Waals surface area contributed by atoms with Gasteiger partial charge in [-0.1, -0.05) is 67.6 Å². The standard InChI is InChI=1S/C27H32N2O3/c1-2-24-26(22-9-5-3-6-10-22)27(23-11-7-4-8-12-23)28-29(24)17-20-13-15-21(16-14-20)18-32-19-25(30)31/h3-12,20-21H,2,13-19H2,1H3,(H,30,31)/t20-,21-. The molecule has 5 heteroatoms. The Kier molecular flexibility index (Phi) is 7.38. The Labute approximate surface area is 190 Å². The van der Waals surface area contributed by atoms with Crippen LogP contribution in [0.5, 0.6) is 0 Å². The summed E-state index contributed by atoms with van der Waals surface area (Å²) in [7, 11) is 0. The molecule has 0 saturated heterocycles. The van der Waals surface area contributed by atoms with E-state index in [9.17, 15) is 4.79 Å². The summed E-state index contributed by atoms with van der Waals surface area (Å²) in [5.41, 5.74) is 5.97. The van der Waals surface area contributed by atoms with Gasteiger partial charge in [-0.2, -0.15) is 5.10 Å². The molecule has 5 nitrogen and oxygen atoms in total. The Balaban J connectivity index is 1.54. The highest BCUT2D eigenvalue weighted by atomic mass is 16.5. The Morgan fingerprint density at radius 2 is 1.56 bits per heavy atom. The molecule has 1 N–H and O–H groups in total. The number of benzene rings is 2. The van der Waals surface area contributed by atoms with Gasteiger partial charge in [0.15, 0.2) is 0 Å². The quantitative estimate of drug-likeness (QED) is 0.472. The van der Waals surface area contributed by atoms with Gasteiger partial charge in [-0.3, -0.25) is 4.68 Å². The summed E-state index contributed by atoms with van der Waals surface area (Å²) in [4.78, 5) is 10.7. The van der Waals surface area contributed by atoms with Crippen LogP contribution in [-0.4, -0.2) is 34.1 Å². The highest BCUT2D eigenvalue weighted by Gasteiger charge is 2.25. The fourth-order valence-corrected chi connectivity index (χ4v) is 4.85. The van der Waals surface area contributed by atoms with Gasteiger partial charge in [-0.05, 0) is 49.5 Å². The number of hydrogen-bond acceptors (Lipinski definition) is 3. The van der Waals surface area contributed by atoms with Gasteiger partial charge in [0.25, 0.3) is 0 Å². The van der Waals surface area contributed by atoms with Crippen molar-refractivity contribution in [3.63, 3.8) is 0 Å². The number of hydrogen-bond donors (Lipinski definition) is 1. The van der Waals surface area contributed by atoms with Crippen molar-refractivity contribution in [1.29, 1.82) is 0 Å². The molecule has 1 aromatic heterocycles. The average molecular weight is 433 g/mol. The predicted molar refractivity (Wildman–Crippen MR) is 126 cm³/mol. The van der Waals surface area contributed by atoms with Crippen LogP contribution >= 0.6 is 0 Å². The highest BCUT2D eigenvalue weighted by Crippen LogP contribution is 2.36. The van der Waals surface area contributed by atoms with Crippen LogP contribution in [0.4, 0.5) is 0 Å². The lowest BCUT2D eigenvalue weighted by molar-refractivity contribution is -0.142. The van der Waals surface area contributed by atoms with Crippen molar-refractivity contribution in [2.45, 2.75) is 45.6 Å². The third-order valence-corrected chi connectivity index (χ3v) is 6.48. The number of carbonyl (C=O) groups is 1. The first-order valence-corrected chi connectivity index (χ1v) is 11.7. The zero-order valence-corrected chi connectivity index (χ0v) is 18.7. The average Bonchev–Trinajstić information content (AvgIpc) is 3.19. The van der Waals surface area contributed by atoms with Crippen molar-refractivity contribution in [1.82, 2.24) is 9.78 Å². The fraction of sp³-hybridized carbons (Fsp3) is 0.407. The molecule has 0 unspecified atom stereocenters. The van der Waals surface area contributed by atoms with Crippen LogP contribution in [0, 0.1) is 11.8 Å². The third kappa shape index (κ3) is 5.28. The third-order valence-electron chi connectivity index (χ3n) is 6.48. The van der Waals surface area contributed by atoms with Crippen molar-refractivity contribution in [2.24, 2.45) is 11.8 Å². The molecule has 1 fully saturated rings. The lowest BCUT2D eigenvalue weighted by Gasteiger charge is -2.28. The molecule has 0 atom stereocenters. The minimum absolute atomic E-state index is 0.197. The van der Waals surface area contributed by atoms with Crippen LogP contribution in [0.1, 0.15) is 38.3 Å².